The Morgan fingerprint density at radius 1 is 1.35 bits per heavy atom. The molecule has 0 radical (unpaired) electrons. The number of anilines is 1. The number of hydrogen-bond acceptors (Lipinski definition) is 5. The van der Waals surface area contributed by atoms with Crippen LogP contribution in [0.5, 0.6) is 0 Å². The maximum atomic E-state index is 11.0. The molecule has 1 aliphatic rings. The van der Waals surface area contributed by atoms with Crippen LogP contribution in [0.15, 0.2) is 24.5 Å². The first kappa shape index (κ1) is 12.8. The van der Waals surface area contributed by atoms with Gasteiger partial charge in [-0.1, -0.05) is 0 Å². The molecule has 0 aliphatic heterocycles. The van der Waals surface area contributed by atoms with Gasteiger partial charge in [0.15, 0.2) is 0 Å². The van der Waals surface area contributed by atoms with E-state index in [1.54, 1.807) is 6.07 Å². The number of carbonyl (C=O) groups is 1. The Bertz CT molecular complexity index is 662. The molecular formula is C14H15N3O3. The molecule has 3 rings (SSSR count). The van der Waals surface area contributed by atoms with Crippen molar-refractivity contribution in [2.24, 2.45) is 0 Å². The smallest absolute Gasteiger partial charge is 0.335 e. The van der Waals surface area contributed by atoms with Gasteiger partial charge in [0.25, 0.3) is 0 Å². The van der Waals surface area contributed by atoms with E-state index >= 15 is 0 Å². The van der Waals surface area contributed by atoms with E-state index in [-0.39, 0.29) is 17.7 Å². The van der Waals surface area contributed by atoms with Crippen molar-refractivity contribution >= 4 is 22.7 Å². The quantitative estimate of drug-likeness (QED) is 0.784. The van der Waals surface area contributed by atoms with Gasteiger partial charge in [0.2, 0.25) is 0 Å². The molecule has 6 heteroatoms. The lowest BCUT2D eigenvalue weighted by Crippen LogP contribution is -2.48. The third kappa shape index (κ3) is 2.08. The highest BCUT2D eigenvalue weighted by atomic mass is 16.4. The van der Waals surface area contributed by atoms with Gasteiger partial charge in [-0.15, -0.1) is 0 Å². The molecule has 0 unspecified atom stereocenters. The predicted octanol–water partition coefficient (Wildman–Crippen LogP) is 1.65. The Balaban J connectivity index is 2.01. The molecule has 2 aromatic rings. The molecule has 0 spiro atoms. The van der Waals surface area contributed by atoms with Crippen LogP contribution in [0.1, 0.15) is 29.6 Å². The second kappa shape index (κ2) is 4.72. The number of aliphatic hydroxyl groups is 1. The topological polar surface area (TPSA) is 95.3 Å². The Labute approximate surface area is 115 Å². The Morgan fingerprint density at radius 3 is 2.75 bits per heavy atom. The largest absolute Gasteiger partial charge is 0.478 e. The standard InChI is InChI=1S/C14H15N3O3/c18-7-14(4-1-5-14)17-12-10-3-2-9(13(19)20)6-11(10)15-8-16-12/h2-3,6,8,18H,1,4-5,7H2,(H,19,20)(H,15,16,17). The second-order valence-corrected chi connectivity index (χ2v) is 5.18. The Kier molecular flexibility index (Phi) is 3.02. The van der Waals surface area contributed by atoms with Crippen LogP contribution in [-0.2, 0) is 0 Å². The molecular weight excluding hydrogens is 258 g/mol. The summed E-state index contributed by atoms with van der Waals surface area (Å²) in [6.45, 7) is 0.0612. The summed E-state index contributed by atoms with van der Waals surface area (Å²) in [5, 5.41) is 22.5. The number of aliphatic hydroxyl groups excluding tert-OH is 1. The van der Waals surface area contributed by atoms with Crippen molar-refractivity contribution in [3.05, 3.63) is 30.1 Å². The highest BCUT2D eigenvalue weighted by molar-refractivity contribution is 5.96. The van der Waals surface area contributed by atoms with Crippen LogP contribution >= 0.6 is 0 Å². The maximum absolute atomic E-state index is 11.0. The van der Waals surface area contributed by atoms with Gasteiger partial charge >= 0.3 is 5.97 Å². The van der Waals surface area contributed by atoms with Gasteiger partial charge in [0.1, 0.15) is 12.1 Å². The first-order valence-electron chi connectivity index (χ1n) is 6.51. The van der Waals surface area contributed by atoms with Crippen molar-refractivity contribution in [1.29, 1.82) is 0 Å². The summed E-state index contributed by atoms with van der Waals surface area (Å²) in [5.41, 5.74) is 0.477. The molecule has 1 fully saturated rings. The van der Waals surface area contributed by atoms with Crippen LogP contribution in [0.2, 0.25) is 0 Å². The summed E-state index contributed by atoms with van der Waals surface area (Å²) < 4.78 is 0. The number of aromatic carboxylic acids is 1. The average molecular weight is 273 g/mol. The summed E-state index contributed by atoms with van der Waals surface area (Å²) in [5.74, 6) is -0.341. The molecule has 0 bridgehead atoms. The number of hydrogen-bond donors (Lipinski definition) is 3. The minimum Gasteiger partial charge on any atom is -0.478 e. The SMILES string of the molecule is O=C(O)c1ccc2c(NC3(CO)CCC3)ncnc2c1. The van der Waals surface area contributed by atoms with E-state index in [2.05, 4.69) is 15.3 Å². The van der Waals surface area contributed by atoms with Crippen LogP contribution in [0.3, 0.4) is 0 Å². The normalized spacial score (nSPS) is 16.6. The molecule has 104 valence electrons. The third-order valence-electron chi connectivity index (χ3n) is 3.88. The molecule has 1 aromatic carbocycles. The van der Waals surface area contributed by atoms with Crippen LogP contribution in [0.4, 0.5) is 5.82 Å². The van der Waals surface area contributed by atoms with E-state index in [9.17, 15) is 9.90 Å². The number of nitrogens with zero attached hydrogens (tertiary/aromatic N) is 2. The van der Waals surface area contributed by atoms with Gasteiger partial charge in [0.05, 0.1) is 23.2 Å². The van der Waals surface area contributed by atoms with Gasteiger partial charge in [-0.2, -0.15) is 0 Å². The molecule has 3 N–H and O–H groups in total. The number of fused-ring (bicyclic) bond motifs is 1. The lowest BCUT2D eigenvalue weighted by Gasteiger charge is -2.41. The van der Waals surface area contributed by atoms with E-state index < -0.39 is 5.97 Å². The van der Waals surface area contributed by atoms with Crippen molar-refractivity contribution in [3.63, 3.8) is 0 Å². The van der Waals surface area contributed by atoms with Crippen LogP contribution in [0, 0.1) is 0 Å². The molecule has 6 nitrogen and oxygen atoms in total. The van der Waals surface area contributed by atoms with Crippen LogP contribution in [0.25, 0.3) is 10.9 Å². The minimum atomic E-state index is -0.981. The molecule has 0 atom stereocenters. The summed E-state index contributed by atoms with van der Waals surface area (Å²) in [6, 6.07) is 4.76. The molecule has 0 saturated heterocycles. The zero-order valence-corrected chi connectivity index (χ0v) is 10.8. The fraction of sp³-hybridized carbons (Fsp3) is 0.357. The predicted molar refractivity (Wildman–Crippen MR) is 73.8 cm³/mol. The fourth-order valence-corrected chi connectivity index (χ4v) is 2.47. The molecule has 20 heavy (non-hydrogen) atoms. The van der Waals surface area contributed by atoms with E-state index in [1.165, 1.54) is 18.5 Å². The first-order chi connectivity index (χ1) is 9.63. The van der Waals surface area contributed by atoms with Crippen LogP contribution in [-0.4, -0.2) is 38.3 Å². The molecule has 1 aromatic heterocycles. The first-order valence-corrected chi connectivity index (χ1v) is 6.51. The number of nitrogens with one attached hydrogen (secondary N) is 1. The number of carboxylic acids is 1. The zero-order valence-electron chi connectivity index (χ0n) is 10.8. The number of rotatable bonds is 4. The van der Waals surface area contributed by atoms with Crippen molar-refractivity contribution in [2.45, 2.75) is 24.8 Å². The van der Waals surface area contributed by atoms with Gasteiger partial charge < -0.3 is 15.5 Å². The third-order valence-corrected chi connectivity index (χ3v) is 3.88. The monoisotopic (exact) mass is 273 g/mol. The van der Waals surface area contributed by atoms with Gasteiger partial charge in [-0.05, 0) is 37.5 Å². The van der Waals surface area contributed by atoms with Crippen molar-refractivity contribution < 1.29 is 15.0 Å². The Hall–Kier alpha value is -2.21. The van der Waals surface area contributed by atoms with Gasteiger partial charge in [-0.3, -0.25) is 0 Å². The molecule has 1 saturated carbocycles. The highest BCUT2D eigenvalue weighted by Gasteiger charge is 2.36. The Morgan fingerprint density at radius 2 is 2.15 bits per heavy atom. The fourth-order valence-electron chi connectivity index (χ4n) is 2.47. The maximum Gasteiger partial charge on any atom is 0.335 e. The number of benzene rings is 1. The lowest BCUT2D eigenvalue weighted by atomic mass is 9.77. The zero-order chi connectivity index (χ0) is 14.2. The molecule has 1 heterocycles. The summed E-state index contributed by atoms with van der Waals surface area (Å²) in [4.78, 5) is 19.3. The summed E-state index contributed by atoms with van der Waals surface area (Å²) in [7, 11) is 0. The van der Waals surface area contributed by atoms with E-state index in [0.717, 1.165) is 24.6 Å². The highest BCUT2D eigenvalue weighted by Crippen LogP contribution is 2.35. The summed E-state index contributed by atoms with van der Waals surface area (Å²) in [6.07, 6.45) is 4.30. The van der Waals surface area contributed by atoms with Gasteiger partial charge in [0, 0.05) is 5.39 Å². The van der Waals surface area contributed by atoms with E-state index in [1.807, 2.05) is 0 Å². The second-order valence-electron chi connectivity index (χ2n) is 5.18. The molecule has 1 aliphatic carbocycles. The van der Waals surface area contributed by atoms with Crippen LogP contribution < -0.4 is 5.32 Å². The lowest BCUT2D eigenvalue weighted by molar-refractivity contribution is 0.0697. The number of aromatic nitrogens is 2. The average Bonchev–Trinajstić information content (AvgIpc) is 2.42. The summed E-state index contributed by atoms with van der Waals surface area (Å²) >= 11 is 0. The van der Waals surface area contributed by atoms with Crippen molar-refractivity contribution in [1.82, 2.24) is 9.97 Å². The van der Waals surface area contributed by atoms with E-state index in [0.29, 0.717) is 11.3 Å². The molecule has 0 amide bonds. The van der Waals surface area contributed by atoms with E-state index in [4.69, 9.17) is 5.11 Å². The number of carboxylic acid groups (broad SMARTS) is 1. The minimum absolute atomic E-state index is 0.0612. The van der Waals surface area contributed by atoms with Gasteiger partial charge in [-0.25, -0.2) is 14.8 Å². The van der Waals surface area contributed by atoms with Crippen molar-refractivity contribution in [2.75, 3.05) is 11.9 Å². The van der Waals surface area contributed by atoms with Crippen molar-refractivity contribution in [3.8, 4) is 0 Å².